The number of hydrogen-bond donors (Lipinski definition) is 2. The van der Waals surface area contributed by atoms with Crippen molar-refractivity contribution in [2.75, 3.05) is 13.1 Å². The molecule has 1 aromatic carbocycles. The molecular weight excluding hydrogens is 320 g/mol. The minimum absolute atomic E-state index is 0.108. The normalized spacial score (nSPS) is 16.1. The highest BCUT2D eigenvalue weighted by Gasteiger charge is 2.51. The Morgan fingerprint density at radius 3 is 2.09 bits per heavy atom. The lowest BCUT2D eigenvalue weighted by molar-refractivity contribution is -0.140. The average Bonchev–Trinajstić information content (AvgIpc) is 3.29. The molecule has 0 radical (unpaired) electrons. The monoisotopic (exact) mass is 340 g/mol. The van der Waals surface area contributed by atoms with E-state index < -0.39 is 27.4 Å². The third-order valence-corrected chi connectivity index (χ3v) is 6.04. The van der Waals surface area contributed by atoms with Crippen molar-refractivity contribution in [2.24, 2.45) is 0 Å². The van der Waals surface area contributed by atoms with Crippen LogP contribution in [-0.2, 0) is 14.8 Å². The minimum atomic E-state index is -3.57. The fourth-order valence-electron chi connectivity index (χ4n) is 2.30. The quantitative estimate of drug-likeness (QED) is 0.772. The van der Waals surface area contributed by atoms with Crippen LogP contribution in [0.25, 0.3) is 0 Å². The smallest absolute Gasteiger partial charge is 0.329 e. The molecule has 0 aromatic heterocycles. The first-order valence-corrected chi connectivity index (χ1v) is 8.87. The summed E-state index contributed by atoms with van der Waals surface area (Å²) in [6, 6.07) is 5.51. The molecule has 0 aliphatic heterocycles. The first-order valence-electron chi connectivity index (χ1n) is 7.43. The van der Waals surface area contributed by atoms with Crippen molar-refractivity contribution in [1.82, 2.24) is 9.62 Å². The molecule has 1 aromatic rings. The van der Waals surface area contributed by atoms with E-state index in [9.17, 15) is 18.0 Å². The Kier molecular flexibility index (Phi) is 4.76. The molecule has 0 unspecified atom stereocenters. The predicted molar refractivity (Wildman–Crippen MR) is 83.6 cm³/mol. The number of benzene rings is 1. The van der Waals surface area contributed by atoms with E-state index in [4.69, 9.17) is 5.11 Å². The molecule has 2 N–H and O–H groups in total. The Balaban J connectivity index is 2.17. The van der Waals surface area contributed by atoms with Crippen molar-refractivity contribution in [3.63, 3.8) is 0 Å². The summed E-state index contributed by atoms with van der Waals surface area (Å²) < 4.78 is 26.0. The minimum Gasteiger partial charge on any atom is -0.480 e. The van der Waals surface area contributed by atoms with Gasteiger partial charge in [-0.3, -0.25) is 4.79 Å². The SMILES string of the molecule is CCN(CC)S(=O)(=O)c1ccc(C(=O)NC2(C(=O)O)CC2)cc1. The van der Waals surface area contributed by atoms with Crippen LogP contribution in [0.2, 0.25) is 0 Å². The number of sulfonamides is 1. The summed E-state index contributed by atoms with van der Waals surface area (Å²) in [5.74, 6) is -1.57. The van der Waals surface area contributed by atoms with Gasteiger partial charge in [-0.2, -0.15) is 4.31 Å². The fourth-order valence-corrected chi connectivity index (χ4v) is 3.76. The van der Waals surface area contributed by atoms with Gasteiger partial charge in [-0.25, -0.2) is 13.2 Å². The van der Waals surface area contributed by atoms with Crippen LogP contribution in [0.1, 0.15) is 37.0 Å². The van der Waals surface area contributed by atoms with Gasteiger partial charge >= 0.3 is 5.97 Å². The maximum Gasteiger partial charge on any atom is 0.329 e. The van der Waals surface area contributed by atoms with E-state index in [1.807, 2.05) is 0 Å². The van der Waals surface area contributed by atoms with Crippen LogP contribution in [0.3, 0.4) is 0 Å². The van der Waals surface area contributed by atoms with Crippen molar-refractivity contribution in [2.45, 2.75) is 37.1 Å². The molecule has 1 aliphatic carbocycles. The lowest BCUT2D eigenvalue weighted by atomic mass is 10.2. The zero-order valence-electron chi connectivity index (χ0n) is 13.1. The van der Waals surface area contributed by atoms with Gasteiger partial charge in [0, 0.05) is 18.7 Å². The summed E-state index contributed by atoms with van der Waals surface area (Å²) in [5, 5.41) is 11.6. The Morgan fingerprint density at radius 1 is 1.17 bits per heavy atom. The van der Waals surface area contributed by atoms with Gasteiger partial charge in [-0.1, -0.05) is 13.8 Å². The molecule has 1 saturated carbocycles. The summed E-state index contributed by atoms with van der Waals surface area (Å²) in [5.41, 5.74) is -0.931. The fraction of sp³-hybridized carbons (Fsp3) is 0.467. The number of nitrogens with zero attached hydrogens (tertiary/aromatic N) is 1. The maximum absolute atomic E-state index is 12.4. The van der Waals surface area contributed by atoms with E-state index in [-0.39, 0.29) is 10.5 Å². The Hall–Kier alpha value is -1.93. The summed E-state index contributed by atoms with van der Waals surface area (Å²) in [6.07, 6.45) is 0.811. The predicted octanol–water partition coefficient (Wildman–Crippen LogP) is 1.06. The van der Waals surface area contributed by atoms with Crippen molar-refractivity contribution < 1.29 is 23.1 Å². The van der Waals surface area contributed by atoms with Crippen molar-refractivity contribution in [3.05, 3.63) is 29.8 Å². The topological polar surface area (TPSA) is 104 Å². The van der Waals surface area contributed by atoms with E-state index in [0.717, 1.165) is 0 Å². The second kappa shape index (κ2) is 6.29. The molecule has 2 rings (SSSR count). The second-order valence-electron chi connectivity index (χ2n) is 5.46. The number of carbonyl (C=O) groups excluding carboxylic acids is 1. The van der Waals surface area contributed by atoms with Gasteiger partial charge in [0.2, 0.25) is 10.0 Å². The van der Waals surface area contributed by atoms with E-state index in [0.29, 0.717) is 25.9 Å². The molecule has 0 atom stereocenters. The highest BCUT2D eigenvalue weighted by Crippen LogP contribution is 2.35. The third-order valence-electron chi connectivity index (χ3n) is 3.97. The van der Waals surface area contributed by atoms with Gasteiger partial charge in [0.25, 0.3) is 5.91 Å². The van der Waals surface area contributed by atoms with Crippen molar-refractivity contribution in [3.8, 4) is 0 Å². The maximum atomic E-state index is 12.4. The van der Waals surface area contributed by atoms with Gasteiger partial charge in [0.05, 0.1) is 4.90 Å². The van der Waals surface area contributed by atoms with Gasteiger partial charge in [0.1, 0.15) is 5.54 Å². The molecule has 1 amide bonds. The molecule has 23 heavy (non-hydrogen) atoms. The number of hydrogen-bond acceptors (Lipinski definition) is 4. The van der Waals surface area contributed by atoms with Gasteiger partial charge in [-0.15, -0.1) is 0 Å². The molecule has 1 fully saturated rings. The van der Waals surface area contributed by atoms with Crippen LogP contribution in [0.4, 0.5) is 0 Å². The molecule has 1 aliphatic rings. The molecule has 7 nitrogen and oxygen atoms in total. The molecule has 0 spiro atoms. The van der Waals surface area contributed by atoms with E-state index in [1.165, 1.54) is 28.6 Å². The van der Waals surface area contributed by atoms with E-state index in [2.05, 4.69) is 5.32 Å². The largest absolute Gasteiger partial charge is 0.480 e. The second-order valence-corrected chi connectivity index (χ2v) is 7.39. The van der Waals surface area contributed by atoms with Crippen molar-refractivity contribution in [1.29, 1.82) is 0 Å². The van der Waals surface area contributed by atoms with Crippen LogP contribution < -0.4 is 5.32 Å². The van der Waals surface area contributed by atoms with Gasteiger partial charge < -0.3 is 10.4 Å². The number of carbonyl (C=O) groups is 2. The Bertz CT molecular complexity index is 704. The highest BCUT2D eigenvalue weighted by atomic mass is 32.2. The Morgan fingerprint density at radius 2 is 1.70 bits per heavy atom. The number of nitrogens with one attached hydrogen (secondary N) is 1. The van der Waals surface area contributed by atoms with E-state index in [1.54, 1.807) is 13.8 Å². The number of aliphatic carboxylic acids is 1. The summed E-state index contributed by atoms with van der Waals surface area (Å²) in [7, 11) is -3.57. The van der Waals surface area contributed by atoms with Crippen LogP contribution in [-0.4, -0.2) is 48.3 Å². The standard InChI is InChI=1S/C15H20N2O5S/c1-3-17(4-2)23(21,22)12-7-5-11(6-8-12)13(18)16-15(9-10-15)14(19)20/h5-8H,3-4,9-10H2,1-2H3,(H,16,18)(H,19,20). The molecular formula is C15H20N2O5S. The summed E-state index contributed by atoms with van der Waals surface area (Å²) in [6.45, 7) is 4.23. The Labute approximate surface area is 135 Å². The zero-order valence-corrected chi connectivity index (χ0v) is 13.9. The average molecular weight is 340 g/mol. The van der Waals surface area contributed by atoms with Crippen LogP contribution >= 0.6 is 0 Å². The first-order chi connectivity index (χ1) is 10.8. The third kappa shape index (κ3) is 3.37. The molecule has 0 saturated heterocycles. The first kappa shape index (κ1) is 17.4. The number of amides is 1. The molecule has 8 heteroatoms. The lowest BCUT2D eigenvalue weighted by Crippen LogP contribution is -2.43. The lowest BCUT2D eigenvalue weighted by Gasteiger charge is -2.18. The molecule has 0 bridgehead atoms. The van der Waals surface area contributed by atoms with E-state index >= 15 is 0 Å². The number of carboxylic acid groups (broad SMARTS) is 1. The van der Waals surface area contributed by atoms with Crippen LogP contribution in [0.5, 0.6) is 0 Å². The summed E-state index contributed by atoms with van der Waals surface area (Å²) >= 11 is 0. The molecule has 126 valence electrons. The zero-order chi connectivity index (χ0) is 17.3. The van der Waals surface area contributed by atoms with Gasteiger partial charge in [-0.05, 0) is 37.1 Å². The molecule has 0 heterocycles. The van der Waals surface area contributed by atoms with Crippen LogP contribution in [0, 0.1) is 0 Å². The number of carboxylic acids is 1. The van der Waals surface area contributed by atoms with Crippen molar-refractivity contribution >= 4 is 21.9 Å². The highest BCUT2D eigenvalue weighted by molar-refractivity contribution is 7.89. The van der Waals surface area contributed by atoms with Crippen LogP contribution in [0.15, 0.2) is 29.2 Å². The van der Waals surface area contributed by atoms with Gasteiger partial charge in [0.15, 0.2) is 0 Å². The number of rotatable bonds is 7. The summed E-state index contributed by atoms with van der Waals surface area (Å²) in [4.78, 5) is 23.3.